The van der Waals surface area contributed by atoms with E-state index in [1.165, 1.54) is 27.6 Å². The van der Waals surface area contributed by atoms with E-state index >= 15 is 0 Å². The fourth-order valence-corrected chi connectivity index (χ4v) is 4.72. The summed E-state index contributed by atoms with van der Waals surface area (Å²) in [6.07, 6.45) is 5.80. The Labute approximate surface area is 159 Å². The Balaban J connectivity index is 1.65. The van der Waals surface area contributed by atoms with Crippen LogP contribution in [0.25, 0.3) is 10.8 Å². The van der Waals surface area contributed by atoms with Gasteiger partial charge in [-0.15, -0.1) is 0 Å². The van der Waals surface area contributed by atoms with E-state index in [-0.39, 0.29) is 6.04 Å². The molecule has 2 aliphatic rings. The molecule has 1 N–H and O–H groups in total. The van der Waals surface area contributed by atoms with Crippen LogP contribution in [0.2, 0.25) is 0 Å². The van der Waals surface area contributed by atoms with Crippen molar-refractivity contribution >= 4 is 16.5 Å². The lowest BCUT2D eigenvalue weighted by atomic mass is 9.76. The average Bonchev–Trinajstić information content (AvgIpc) is 3.22. The van der Waals surface area contributed by atoms with Crippen molar-refractivity contribution in [3.05, 3.63) is 77.9 Å². The average molecular weight is 357 g/mol. The molecule has 5 rings (SSSR count). The van der Waals surface area contributed by atoms with Gasteiger partial charge in [0.05, 0.1) is 20.3 Å². The summed E-state index contributed by atoms with van der Waals surface area (Å²) in [5.74, 6) is 2.51. The van der Waals surface area contributed by atoms with Gasteiger partial charge in [-0.2, -0.15) is 0 Å². The third-order valence-corrected chi connectivity index (χ3v) is 6.03. The van der Waals surface area contributed by atoms with Gasteiger partial charge < -0.3 is 14.8 Å². The SMILES string of the molecule is COc1ccc([C@H]2Nc3c(ccc4ccccc34)[C@H]3C=CC[C@@H]32)cc1OC. The molecule has 1 aliphatic carbocycles. The number of benzene rings is 3. The topological polar surface area (TPSA) is 30.5 Å². The van der Waals surface area contributed by atoms with Crippen LogP contribution >= 0.6 is 0 Å². The van der Waals surface area contributed by atoms with E-state index in [1.807, 2.05) is 6.07 Å². The number of anilines is 1. The predicted molar refractivity (Wildman–Crippen MR) is 110 cm³/mol. The molecule has 0 amide bonds. The first-order valence-corrected chi connectivity index (χ1v) is 9.47. The Morgan fingerprint density at radius 1 is 0.926 bits per heavy atom. The summed E-state index contributed by atoms with van der Waals surface area (Å²) in [4.78, 5) is 0. The van der Waals surface area contributed by atoms with Crippen molar-refractivity contribution in [2.45, 2.75) is 18.4 Å². The van der Waals surface area contributed by atoms with Crippen molar-refractivity contribution in [2.75, 3.05) is 19.5 Å². The molecule has 3 heteroatoms. The molecule has 1 heterocycles. The molecule has 3 nitrogen and oxygen atoms in total. The molecule has 0 spiro atoms. The van der Waals surface area contributed by atoms with Crippen LogP contribution in [0.1, 0.15) is 29.5 Å². The van der Waals surface area contributed by atoms with Gasteiger partial charge in [-0.3, -0.25) is 0 Å². The van der Waals surface area contributed by atoms with Crippen molar-refractivity contribution in [1.82, 2.24) is 0 Å². The maximum Gasteiger partial charge on any atom is 0.161 e. The van der Waals surface area contributed by atoms with Gasteiger partial charge in [0.2, 0.25) is 0 Å². The summed E-state index contributed by atoms with van der Waals surface area (Å²) in [5.41, 5.74) is 3.91. The zero-order valence-electron chi connectivity index (χ0n) is 15.6. The highest BCUT2D eigenvalue weighted by Gasteiger charge is 2.38. The summed E-state index contributed by atoms with van der Waals surface area (Å²) < 4.78 is 11.0. The summed E-state index contributed by atoms with van der Waals surface area (Å²) >= 11 is 0. The van der Waals surface area contributed by atoms with E-state index in [9.17, 15) is 0 Å². The Morgan fingerprint density at radius 3 is 2.63 bits per heavy atom. The van der Waals surface area contributed by atoms with Gasteiger partial charge in [0.25, 0.3) is 0 Å². The second-order valence-electron chi connectivity index (χ2n) is 7.34. The molecular weight excluding hydrogens is 334 g/mol. The molecule has 3 aromatic rings. The van der Waals surface area contributed by atoms with Gasteiger partial charge in [-0.05, 0) is 41.0 Å². The van der Waals surface area contributed by atoms with Crippen LogP contribution in [-0.2, 0) is 0 Å². The van der Waals surface area contributed by atoms with Gasteiger partial charge in [-0.1, -0.05) is 54.6 Å². The Kier molecular flexibility index (Phi) is 3.82. The first-order valence-electron chi connectivity index (χ1n) is 9.47. The van der Waals surface area contributed by atoms with E-state index in [1.54, 1.807) is 14.2 Å². The van der Waals surface area contributed by atoms with Crippen LogP contribution in [0.5, 0.6) is 11.5 Å². The van der Waals surface area contributed by atoms with Crippen LogP contribution in [0.4, 0.5) is 5.69 Å². The molecule has 0 aromatic heterocycles. The summed E-state index contributed by atoms with van der Waals surface area (Å²) in [6, 6.07) is 19.7. The van der Waals surface area contributed by atoms with Crippen LogP contribution in [0.3, 0.4) is 0 Å². The van der Waals surface area contributed by atoms with Crippen LogP contribution in [0.15, 0.2) is 66.7 Å². The number of hydrogen-bond acceptors (Lipinski definition) is 3. The Bertz CT molecular complexity index is 1040. The number of allylic oxidation sites excluding steroid dienone is 2. The first-order chi connectivity index (χ1) is 13.3. The maximum atomic E-state index is 5.55. The third-order valence-electron chi connectivity index (χ3n) is 6.03. The Morgan fingerprint density at radius 2 is 1.78 bits per heavy atom. The lowest BCUT2D eigenvalue weighted by molar-refractivity contribution is 0.353. The van der Waals surface area contributed by atoms with E-state index < -0.39 is 0 Å². The molecule has 0 unspecified atom stereocenters. The lowest BCUT2D eigenvalue weighted by Crippen LogP contribution is -2.29. The highest BCUT2D eigenvalue weighted by Crippen LogP contribution is 2.52. The van der Waals surface area contributed by atoms with Crippen molar-refractivity contribution in [1.29, 1.82) is 0 Å². The second kappa shape index (κ2) is 6.34. The lowest BCUT2D eigenvalue weighted by Gasteiger charge is -2.38. The summed E-state index contributed by atoms with van der Waals surface area (Å²) in [6.45, 7) is 0. The number of nitrogens with one attached hydrogen (secondary N) is 1. The van der Waals surface area contributed by atoms with Gasteiger partial charge in [0.15, 0.2) is 11.5 Å². The minimum absolute atomic E-state index is 0.239. The fourth-order valence-electron chi connectivity index (χ4n) is 4.72. The van der Waals surface area contributed by atoms with Gasteiger partial charge in [0.1, 0.15) is 0 Å². The van der Waals surface area contributed by atoms with Crippen molar-refractivity contribution in [3.63, 3.8) is 0 Å². The zero-order valence-corrected chi connectivity index (χ0v) is 15.6. The van der Waals surface area contributed by atoms with Crippen molar-refractivity contribution < 1.29 is 9.47 Å². The van der Waals surface area contributed by atoms with Crippen molar-refractivity contribution in [3.8, 4) is 11.5 Å². The molecule has 136 valence electrons. The number of rotatable bonds is 3. The minimum atomic E-state index is 0.239. The van der Waals surface area contributed by atoms with E-state index in [0.717, 1.165) is 17.9 Å². The smallest absolute Gasteiger partial charge is 0.161 e. The molecule has 0 radical (unpaired) electrons. The molecule has 0 saturated carbocycles. The van der Waals surface area contributed by atoms with E-state index in [4.69, 9.17) is 9.47 Å². The fraction of sp³-hybridized carbons (Fsp3) is 0.250. The number of ether oxygens (including phenoxy) is 2. The van der Waals surface area contributed by atoms with E-state index in [0.29, 0.717) is 11.8 Å². The standard InChI is InChI=1S/C24H23NO2/c1-26-21-13-11-16(14-22(21)27-2)23-19-9-5-8-18(19)20-12-10-15-6-3-4-7-17(15)24(20)25-23/h3-8,10-14,18-19,23,25H,9H2,1-2H3/t18-,19-,23+/m0/s1. The Hall–Kier alpha value is -2.94. The van der Waals surface area contributed by atoms with Gasteiger partial charge >= 0.3 is 0 Å². The third kappa shape index (κ3) is 2.49. The molecule has 3 aromatic carbocycles. The monoisotopic (exact) mass is 357 g/mol. The largest absolute Gasteiger partial charge is 0.493 e. The number of hydrogen-bond donors (Lipinski definition) is 1. The zero-order chi connectivity index (χ0) is 18.4. The molecule has 3 atom stereocenters. The maximum absolute atomic E-state index is 5.55. The van der Waals surface area contributed by atoms with Crippen LogP contribution in [-0.4, -0.2) is 14.2 Å². The first kappa shape index (κ1) is 16.2. The van der Waals surface area contributed by atoms with Gasteiger partial charge in [0, 0.05) is 17.0 Å². The molecule has 0 saturated heterocycles. The van der Waals surface area contributed by atoms with E-state index in [2.05, 4.69) is 66.0 Å². The molecule has 0 fully saturated rings. The second-order valence-corrected chi connectivity index (χ2v) is 7.34. The number of methoxy groups -OCH3 is 2. The van der Waals surface area contributed by atoms with Crippen molar-refractivity contribution in [2.24, 2.45) is 5.92 Å². The quantitative estimate of drug-likeness (QED) is 0.611. The molecule has 27 heavy (non-hydrogen) atoms. The normalized spacial score (nSPS) is 22.8. The molecule has 0 bridgehead atoms. The van der Waals surface area contributed by atoms with Crippen LogP contribution in [0, 0.1) is 5.92 Å². The summed E-state index contributed by atoms with van der Waals surface area (Å²) in [5, 5.41) is 6.44. The van der Waals surface area contributed by atoms with Gasteiger partial charge in [-0.25, -0.2) is 0 Å². The number of fused-ring (bicyclic) bond motifs is 5. The highest BCUT2D eigenvalue weighted by atomic mass is 16.5. The minimum Gasteiger partial charge on any atom is -0.493 e. The highest BCUT2D eigenvalue weighted by molar-refractivity contribution is 5.96. The van der Waals surface area contributed by atoms with Crippen LogP contribution < -0.4 is 14.8 Å². The molecular formula is C24H23NO2. The summed E-state index contributed by atoms with van der Waals surface area (Å²) in [7, 11) is 3.37. The molecule has 1 aliphatic heterocycles. The predicted octanol–water partition coefficient (Wildman–Crippen LogP) is 5.68.